The first-order valence-electron chi connectivity index (χ1n) is 10.7. The topological polar surface area (TPSA) is 52.6 Å². The number of hydrogen-bond donors (Lipinski definition) is 0. The number of methoxy groups -OCH3 is 1. The molecule has 4 heteroatoms. The van der Waals surface area contributed by atoms with E-state index < -0.39 is 5.60 Å². The van der Waals surface area contributed by atoms with E-state index in [1.165, 1.54) is 26.9 Å². The Hall–Kier alpha value is -1.16. The van der Waals surface area contributed by atoms with Gasteiger partial charge in [-0.15, -0.1) is 0 Å². The van der Waals surface area contributed by atoms with Gasteiger partial charge in [0, 0.05) is 25.0 Å². The van der Waals surface area contributed by atoms with Gasteiger partial charge in [-0.05, 0) is 55.8 Å². The molecular weight excluding hydrogens is 340 g/mol. The van der Waals surface area contributed by atoms with Gasteiger partial charge < -0.3 is 9.47 Å². The maximum absolute atomic E-state index is 13.4. The molecule has 1 heterocycles. The highest BCUT2D eigenvalue weighted by Gasteiger charge is 2.66. The Morgan fingerprint density at radius 2 is 2.07 bits per heavy atom. The quantitative estimate of drug-likeness (QED) is 0.682. The first-order valence-corrected chi connectivity index (χ1v) is 10.7. The fraction of sp³-hybridized carbons (Fsp3) is 0.826. The van der Waals surface area contributed by atoms with Crippen LogP contribution in [0.15, 0.2) is 11.3 Å². The first kappa shape index (κ1) is 19.2. The molecule has 0 saturated heterocycles. The number of carbonyl (C=O) groups is 2. The molecule has 1 aliphatic heterocycles. The second kappa shape index (κ2) is 5.92. The van der Waals surface area contributed by atoms with Crippen LogP contribution in [0.25, 0.3) is 0 Å². The molecule has 0 radical (unpaired) electrons. The lowest BCUT2D eigenvalue weighted by atomic mass is 9.42. The Morgan fingerprint density at radius 1 is 1.37 bits per heavy atom. The Bertz CT molecular complexity index is 718. The second-order valence-electron chi connectivity index (χ2n) is 10.1. The summed E-state index contributed by atoms with van der Waals surface area (Å²) >= 11 is 0. The summed E-state index contributed by atoms with van der Waals surface area (Å²) in [5, 5.41) is 0. The average molecular weight is 375 g/mol. The fourth-order valence-corrected chi connectivity index (χ4v) is 6.69. The van der Waals surface area contributed by atoms with Crippen molar-refractivity contribution < 1.29 is 19.1 Å². The van der Waals surface area contributed by atoms with Gasteiger partial charge in [-0.25, -0.2) is 0 Å². The van der Waals surface area contributed by atoms with Crippen LogP contribution < -0.4 is 0 Å². The van der Waals surface area contributed by atoms with Crippen molar-refractivity contribution in [2.24, 2.45) is 29.1 Å². The third-order valence-corrected chi connectivity index (χ3v) is 8.85. The molecule has 150 valence electrons. The summed E-state index contributed by atoms with van der Waals surface area (Å²) in [5.41, 5.74) is -0.482. The molecule has 0 aromatic rings. The van der Waals surface area contributed by atoms with Crippen LogP contribution in [0, 0.1) is 29.1 Å². The zero-order chi connectivity index (χ0) is 19.8. The van der Waals surface area contributed by atoms with Crippen molar-refractivity contribution in [3.8, 4) is 0 Å². The number of carbonyl (C=O) groups excluding carboxylic acids is 2. The molecule has 0 aromatic heterocycles. The molecule has 0 N–H and O–H groups in total. The van der Waals surface area contributed by atoms with Gasteiger partial charge in [-0.1, -0.05) is 34.1 Å². The molecule has 27 heavy (non-hydrogen) atoms. The normalized spacial score (nSPS) is 43.2. The van der Waals surface area contributed by atoms with Crippen molar-refractivity contribution in [3.05, 3.63) is 11.3 Å². The SMILES string of the molecule is CC[C@@H](C)[C@@H]1C[C@]2(CC[C@@H]3C[C@H]2C3(C)C)OC2=C1C(=O)[C@@](OC)(C(C)=O)C2. The van der Waals surface area contributed by atoms with Crippen LogP contribution >= 0.6 is 0 Å². The zero-order valence-corrected chi connectivity index (χ0v) is 17.7. The van der Waals surface area contributed by atoms with E-state index in [0.717, 1.165) is 36.5 Å². The minimum atomic E-state index is -1.37. The summed E-state index contributed by atoms with van der Waals surface area (Å²) in [4.78, 5) is 25.8. The highest BCUT2D eigenvalue weighted by molar-refractivity contribution is 6.19. The van der Waals surface area contributed by atoms with Gasteiger partial charge >= 0.3 is 0 Å². The van der Waals surface area contributed by atoms with Gasteiger partial charge in [0.05, 0.1) is 0 Å². The Morgan fingerprint density at radius 3 is 2.59 bits per heavy atom. The molecule has 6 atom stereocenters. The fourth-order valence-electron chi connectivity index (χ4n) is 6.69. The minimum Gasteiger partial charge on any atom is -0.491 e. The number of Topliss-reactive ketones (excluding diaryl/α,β-unsaturated/α-hetero) is 2. The highest BCUT2D eigenvalue weighted by atomic mass is 16.5. The summed E-state index contributed by atoms with van der Waals surface area (Å²) in [5.74, 6) is 2.29. The maximum Gasteiger partial charge on any atom is 0.202 e. The van der Waals surface area contributed by atoms with E-state index in [1.807, 2.05) is 0 Å². The molecule has 3 fully saturated rings. The largest absolute Gasteiger partial charge is 0.491 e. The summed E-state index contributed by atoms with van der Waals surface area (Å²) in [6.07, 6.45) is 5.71. The van der Waals surface area contributed by atoms with E-state index in [1.54, 1.807) is 0 Å². The van der Waals surface area contributed by atoms with Crippen LogP contribution in [0.5, 0.6) is 0 Å². The van der Waals surface area contributed by atoms with Crippen LogP contribution in [-0.4, -0.2) is 29.9 Å². The van der Waals surface area contributed by atoms with Gasteiger partial charge in [-0.2, -0.15) is 0 Å². The van der Waals surface area contributed by atoms with Crippen LogP contribution in [0.4, 0.5) is 0 Å². The summed E-state index contributed by atoms with van der Waals surface area (Å²) in [6, 6.07) is 0. The predicted molar refractivity (Wildman–Crippen MR) is 103 cm³/mol. The van der Waals surface area contributed by atoms with E-state index in [2.05, 4.69) is 27.7 Å². The average Bonchev–Trinajstić information content (AvgIpc) is 2.92. The smallest absolute Gasteiger partial charge is 0.202 e. The molecule has 3 saturated carbocycles. The molecule has 0 amide bonds. The number of fused-ring (bicyclic) bond motifs is 1. The van der Waals surface area contributed by atoms with E-state index in [4.69, 9.17) is 9.47 Å². The van der Waals surface area contributed by atoms with Crippen LogP contribution in [-0.2, 0) is 19.1 Å². The lowest BCUT2D eigenvalue weighted by molar-refractivity contribution is -0.225. The molecule has 4 nitrogen and oxygen atoms in total. The van der Waals surface area contributed by atoms with Crippen LogP contribution in [0.3, 0.4) is 0 Å². The third kappa shape index (κ3) is 2.31. The zero-order valence-electron chi connectivity index (χ0n) is 17.7. The van der Waals surface area contributed by atoms with Gasteiger partial charge in [-0.3, -0.25) is 9.59 Å². The Labute approximate surface area is 163 Å². The maximum atomic E-state index is 13.4. The van der Waals surface area contributed by atoms with Crippen molar-refractivity contribution in [1.29, 1.82) is 0 Å². The number of ether oxygens (including phenoxy) is 2. The van der Waals surface area contributed by atoms with Crippen molar-refractivity contribution in [1.82, 2.24) is 0 Å². The number of ketones is 2. The van der Waals surface area contributed by atoms with Crippen LogP contribution in [0.2, 0.25) is 0 Å². The van der Waals surface area contributed by atoms with Gasteiger partial charge in [0.25, 0.3) is 0 Å². The lowest BCUT2D eigenvalue weighted by Crippen LogP contribution is -2.63. The molecule has 1 spiro atoms. The van der Waals surface area contributed by atoms with E-state index in [9.17, 15) is 9.59 Å². The van der Waals surface area contributed by atoms with E-state index in [-0.39, 0.29) is 29.5 Å². The predicted octanol–water partition coefficient (Wildman–Crippen LogP) is 4.47. The summed E-state index contributed by atoms with van der Waals surface area (Å²) < 4.78 is 12.3. The molecular formula is C23H34O4. The number of hydrogen-bond acceptors (Lipinski definition) is 4. The lowest BCUT2D eigenvalue weighted by Gasteiger charge is -2.66. The first-order chi connectivity index (χ1) is 12.6. The molecule has 0 unspecified atom stereocenters. The molecule has 5 rings (SSSR count). The monoisotopic (exact) mass is 374 g/mol. The van der Waals surface area contributed by atoms with E-state index in [0.29, 0.717) is 17.3 Å². The summed E-state index contributed by atoms with van der Waals surface area (Å²) in [7, 11) is 1.48. The molecule has 5 aliphatic rings. The Balaban J connectivity index is 1.77. The van der Waals surface area contributed by atoms with Crippen molar-refractivity contribution in [3.63, 3.8) is 0 Å². The molecule has 2 bridgehead atoms. The van der Waals surface area contributed by atoms with Crippen molar-refractivity contribution in [2.45, 2.75) is 84.3 Å². The summed E-state index contributed by atoms with van der Waals surface area (Å²) in [6.45, 7) is 10.7. The van der Waals surface area contributed by atoms with Crippen molar-refractivity contribution >= 4 is 11.6 Å². The minimum absolute atomic E-state index is 0.144. The van der Waals surface area contributed by atoms with E-state index >= 15 is 0 Å². The third-order valence-electron chi connectivity index (χ3n) is 8.85. The molecule has 4 aliphatic carbocycles. The van der Waals surface area contributed by atoms with Gasteiger partial charge in [0.15, 0.2) is 11.4 Å². The van der Waals surface area contributed by atoms with Gasteiger partial charge in [0.2, 0.25) is 5.78 Å². The number of rotatable bonds is 4. The second-order valence-corrected chi connectivity index (χ2v) is 10.1. The standard InChI is InChI=1S/C23H34O4/c1-7-13(2)16-11-22(9-8-15-10-18(22)21(15,4)5)27-17-12-23(26-6,14(3)24)20(25)19(16)17/h13,15-16,18H,7-12H2,1-6H3/t13-,15-,16+,18+,22+,23+/m1/s1. The Kier molecular flexibility index (Phi) is 4.20. The van der Waals surface area contributed by atoms with Gasteiger partial charge in [0.1, 0.15) is 11.4 Å². The van der Waals surface area contributed by atoms with Crippen molar-refractivity contribution in [2.75, 3.05) is 7.11 Å². The molecule has 0 aromatic carbocycles. The van der Waals surface area contributed by atoms with Crippen LogP contribution in [0.1, 0.15) is 73.1 Å². The highest BCUT2D eigenvalue weighted by Crippen LogP contribution is 2.67.